The van der Waals surface area contributed by atoms with Gasteiger partial charge in [0, 0.05) is 11.1 Å². The van der Waals surface area contributed by atoms with Crippen LogP contribution in [0.4, 0.5) is 0 Å². The molecule has 0 spiro atoms. The third kappa shape index (κ3) is 2.33. The van der Waals surface area contributed by atoms with Gasteiger partial charge in [0.1, 0.15) is 5.76 Å². The van der Waals surface area contributed by atoms with Gasteiger partial charge in [-0.05, 0) is 18.6 Å². The van der Waals surface area contributed by atoms with Crippen LogP contribution in [0.3, 0.4) is 0 Å². The molecule has 1 aliphatic heterocycles. The molecule has 0 aromatic heterocycles. The van der Waals surface area contributed by atoms with Crippen molar-refractivity contribution in [3.8, 4) is 11.3 Å². The normalized spacial score (nSPS) is 12.8. The van der Waals surface area contributed by atoms with Gasteiger partial charge in [-0.2, -0.15) is 0 Å². The summed E-state index contributed by atoms with van der Waals surface area (Å²) in [6.07, 6.45) is 4.16. The first-order valence-corrected chi connectivity index (χ1v) is 5.93. The van der Waals surface area contributed by atoms with Gasteiger partial charge < -0.3 is 9.52 Å². The number of hydrogen-bond acceptors (Lipinski definition) is 2. The maximum atomic E-state index is 11.3. The Hall–Kier alpha value is -1.77. The van der Waals surface area contributed by atoms with Crippen LogP contribution >= 0.6 is 0 Å². The standard InChI is InChI=1S/C14H16O3/c1-2-3-6-12(14(15)16)11-8-7-10-5-4-9-17-13(10)11/h4-5,7-9,12H,2-3,6H2,1H3,(H,15,16). The van der Waals surface area contributed by atoms with Crippen LogP contribution in [0.2, 0.25) is 0 Å². The Bertz CT molecular complexity index is 472. The molecule has 0 bridgehead atoms. The summed E-state index contributed by atoms with van der Waals surface area (Å²) >= 11 is 0. The molecule has 0 radical (unpaired) electrons. The zero-order valence-corrected chi connectivity index (χ0v) is 9.85. The lowest BCUT2D eigenvalue weighted by Crippen LogP contribution is -2.11. The van der Waals surface area contributed by atoms with E-state index in [-0.39, 0.29) is 0 Å². The Balaban J connectivity index is 2.33. The second kappa shape index (κ2) is 5.04. The van der Waals surface area contributed by atoms with Crippen LogP contribution in [0.25, 0.3) is 11.3 Å². The molecule has 3 nitrogen and oxygen atoms in total. The van der Waals surface area contributed by atoms with E-state index in [9.17, 15) is 9.90 Å². The summed E-state index contributed by atoms with van der Waals surface area (Å²) in [7, 11) is 0. The molecule has 0 fully saturated rings. The van der Waals surface area contributed by atoms with Gasteiger partial charge in [0.25, 0.3) is 0 Å². The molecule has 0 saturated heterocycles. The van der Waals surface area contributed by atoms with E-state index in [1.807, 2.05) is 24.3 Å². The number of hydrogen-bond donors (Lipinski definition) is 1. The summed E-state index contributed by atoms with van der Waals surface area (Å²) in [6, 6.07) is 7.52. The quantitative estimate of drug-likeness (QED) is 0.854. The first kappa shape index (κ1) is 11.7. The number of fused-ring (bicyclic) bond motifs is 1. The molecular weight excluding hydrogens is 216 g/mol. The lowest BCUT2D eigenvalue weighted by molar-refractivity contribution is -0.139. The highest BCUT2D eigenvalue weighted by Gasteiger charge is 2.25. The van der Waals surface area contributed by atoms with Gasteiger partial charge in [-0.1, -0.05) is 31.9 Å². The summed E-state index contributed by atoms with van der Waals surface area (Å²) < 4.78 is 5.43. The number of unbranched alkanes of at least 4 members (excludes halogenated alkanes) is 1. The average Bonchev–Trinajstić information content (AvgIpc) is 2.73. The fraction of sp³-hybridized carbons (Fsp3) is 0.357. The van der Waals surface area contributed by atoms with Gasteiger partial charge in [-0.15, -0.1) is 0 Å². The molecule has 2 aliphatic rings. The van der Waals surface area contributed by atoms with Gasteiger partial charge in [0.2, 0.25) is 0 Å². The molecule has 1 atom stereocenters. The number of carbonyl (C=O) groups is 1. The van der Waals surface area contributed by atoms with Crippen molar-refractivity contribution in [2.75, 3.05) is 0 Å². The molecule has 2 rings (SSSR count). The van der Waals surface area contributed by atoms with E-state index in [0.717, 1.165) is 24.0 Å². The van der Waals surface area contributed by atoms with Crippen LogP contribution < -0.4 is 0 Å². The second-order valence-corrected chi connectivity index (χ2v) is 4.22. The molecule has 0 saturated carbocycles. The van der Waals surface area contributed by atoms with Crippen molar-refractivity contribution in [2.24, 2.45) is 0 Å². The van der Waals surface area contributed by atoms with Crippen molar-refractivity contribution in [2.45, 2.75) is 32.1 Å². The van der Waals surface area contributed by atoms with Crippen LogP contribution in [0.15, 0.2) is 34.9 Å². The van der Waals surface area contributed by atoms with Gasteiger partial charge >= 0.3 is 5.97 Å². The number of carboxylic acids is 1. The maximum absolute atomic E-state index is 11.3. The van der Waals surface area contributed by atoms with Crippen molar-refractivity contribution < 1.29 is 14.3 Å². The van der Waals surface area contributed by atoms with Gasteiger partial charge in [-0.25, -0.2) is 0 Å². The summed E-state index contributed by atoms with van der Waals surface area (Å²) in [5, 5.41) is 9.29. The lowest BCUT2D eigenvalue weighted by atomic mass is 9.94. The fourth-order valence-corrected chi connectivity index (χ4v) is 2.11. The maximum Gasteiger partial charge on any atom is 0.311 e. The third-order valence-corrected chi connectivity index (χ3v) is 3.03. The lowest BCUT2D eigenvalue weighted by Gasteiger charge is -2.12. The zero-order valence-electron chi connectivity index (χ0n) is 9.85. The second-order valence-electron chi connectivity index (χ2n) is 4.22. The minimum Gasteiger partial charge on any atom is -0.481 e. The molecule has 3 heteroatoms. The van der Waals surface area contributed by atoms with Crippen LogP contribution in [0.1, 0.15) is 37.7 Å². The van der Waals surface area contributed by atoms with Crippen molar-refractivity contribution in [1.29, 1.82) is 0 Å². The molecular formula is C14H16O3. The Labute approximate surface area is 100 Å². The number of carboxylic acid groups (broad SMARTS) is 1. The molecule has 1 N–H and O–H groups in total. The monoisotopic (exact) mass is 232 g/mol. The summed E-state index contributed by atoms with van der Waals surface area (Å²) in [5.74, 6) is -0.528. The molecule has 1 unspecified atom stereocenters. The van der Waals surface area contributed by atoms with E-state index in [0.29, 0.717) is 12.2 Å². The summed E-state index contributed by atoms with van der Waals surface area (Å²) in [4.78, 5) is 11.3. The molecule has 0 aromatic rings. The van der Waals surface area contributed by atoms with E-state index >= 15 is 0 Å². The molecule has 1 heterocycles. The first-order chi connectivity index (χ1) is 8.24. The average molecular weight is 232 g/mol. The van der Waals surface area contributed by atoms with Crippen LogP contribution in [-0.4, -0.2) is 11.1 Å². The van der Waals surface area contributed by atoms with E-state index in [1.54, 1.807) is 6.26 Å². The predicted octanol–water partition coefficient (Wildman–Crippen LogP) is 3.74. The Morgan fingerprint density at radius 1 is 1.41 bits per heavy atom. The number of aliphatic carboxylic acids is 1. The van der Waals surface area contributed by atoms with Crippen molar-refractivity contribution >= 4 is 5.97 Å². The minimum absolute atomic E-state index is 0.460. The predicted molar refractivity (Wildman–Crippen MR) is 65.2 cm³/mol. The third-order valence-electron chi connectivity index (χ3n) is 3.03. The van der Waals surface area contributed by atoms with Crippen LogP contribution in [-0.2, 0) is 4.79 Å². The molecule has 17 heavy (non-hydrogen) atoms. The largest absolute Gasteiger partial charge is 0.481 e. The highest BCUT2D eigenvalue weighted by molar-refractivity contribution is 5.80. The minimum atomic E-state index is -0.773. The van der Waals surface area contributed by atoms with Crippen molar-refractivity contribution in [3.63, 3.8) is 0 Å². The Morgan fingerprint density at radius 3 is 2.94 bits per heavy atom. The Kier molecular flexibility index (Phi) is 3.47. The summed E-state index contributed by atoms with van der Waals surface area (Å²) in [6.45, 7) is 2.06. The van der Waals surface area contributed by atoms with Gasteiger partial charge in [-0.3, -0.25) is 4.79 Å². The van der Waals surface area contributed by atoms with Crippen LogP contribution in [0.5, 0.6) is 0 Å². The SMILES string of the molecule is CCCCC(C(=O)O)c1ccc2cccoc1-2. The zero-order chi connectivity index (χ0) is 12.3. The highest BCUT2D eigenvalue weighted by Crippen LogP contribution is 2.35. The van der Waals surface area contributed by atoms with Crippen molar-refractivity contribution in [1.82, 2.24) is 0 Å². The topological polar surface area (TPSA) is 50.4 Å². The van der Waals surface area contributed by atoms with E-state index in [2.05, 4.69) is 6.92 Å². The van der Waals surface area contributed by atoms with Gasteiger partial charge in [0.15, 0.2) is 0 Å². The van der Waals surface area contributed by atoms with E-state index in [1.165, 1.54) is 0 Å². The number of rotatable bonds is 5. The van der Waals surface area contributed by atoms with E-state index in [4.69, 9.17) is 4.42 Å². The van der Waals surface area contributed by atoms with E-state index < -0.39 is 11.9 Å². The van der Waals surface area contributed by atoms with Gasteiger partial charge in [0.05, 0.1) is 12.2 Å². The molecule has 1 aliphatic carbocycles. The Morgan fingerprint density at radius 2 is 2.24 bits per heavy atom. The van der Waals surface area contributed by atoms with Crippen molar-refractivity contribution in [3.05, 3.63) is 36.1 Å². The first-order valence-electron chi connectivity index (χ1n) is 5.93. The highest BCUT2D eigenvalue weighted by atomic mass is 16.4. The van der Waals surface area contributed by atoms with Crippen LogP contribution in [0, 0.1) is 0 Å². The molecule has 90 valence electrons. The smallest absolute Gasteiger partial charge is 0.311 e. The molecule has 0 amide bonds. The summed E-state index contributed by atoms with van der Waals surface area (Å²) in [5.41, 5.74) is 1.76. The fourth-order valence-electron chi connectivity index (χ4n) is 2.11. The molecule has 0 aromatic carbocycles.